The number of benzene rings is 1. The summed E-state index contributed by atoms with van der Waals surface area (Å²) in [5.74, 6) is -0.514. The predicted octanol–water partition coefficient (Wildman–Crippen LogP) is 2.19. The number of carbonyl (C=O) groups excluding carboxylic acids is 2. The molecular weight excluding hydrogens is 344 g/mol. The average Bonchev–Trinajstić information content (AvgIpc) is 3.29. The summed E-state index contributed by atoms with van der Waals surface area (Å²) in [6.07, 6.45) is 1.41. The number of aryl methyl sites for hydroxylation is 1. The van der Waals surface area contributed by atoms with Crippen molar-refractivity contribution >= 4 is 11.8 Å². The van der Waals surface area contributed by atoms with E-state index in [1.54, 1.807) is 12.1 Å². The number of amides is 2. The van der Waals surface area contributed by atoms with E-state index in [-0.39, 0.29) is 18.2 Å². The number of furan rings is 1. The van der Waals surface area contributed by atoms with Crippen molar-refractivity contribution in [1.82, 2.24) is 20.4 Å². The zero-order valence-electron chi connectivity index (χ0n) is 15.4. The highest BCUT2D eigenvalue weighted by molar-refractivity contribution is 5.94. The molecule has 2 N–H and O–H groups in total. The van der Waals surface area contributed by atoms with Crippen LogP contribution in [0.25, 0.3) is 0 Å². The van der Waals surface area contributed by atoms with Crippen LogP contribution in [0.4, 0.5) is 0 Å². The molecule has 3 aromatic rings. The summed E-state index contributed by atoms with van der Waals surface area (Å²) in [5, 5.41) is 9.92. The van der Waals surface area contributed by atoms with Crippen molar-refractivity contribution in [2.75, 3.05) is 6.54 Å². The van der Waals surface area contributed by atoms with Gasteiger partial charge in [-0.3, -0.25) is 14.3 Å². The van der Waals surface area contributed by atoms with Crippen LogP contribution in [0, 0.1) is 13.8 Å². The highest BCUT2D eigenvalue weighted by atomic mass is 16.3. The van der Waals surface area contributed by atoms with Gasteiger partial charge in [-0.15, -0.1) is 0 Å². The van der Waals surface area contributed by atoms with Crippen LogP contribution in [0.3, 0.4) is 0 Å². The maximum atomic E-state index is 12.0. The maximum Gasteiger partial charge on any atom is 0.287 e. The molecule has 0 aliphatic carbocycles. The van der Waals surface area contributed by atoms with Gasteiger partial charge in [0, 0.05) is 17.8 Å². The van der Waals surface area contributed by atoms with Gasteiger partial charge in [0.15, 0.2) is 5.76 Å². The van der Waals surface area contributed by atoms with Gasteiger partial charge in [-0.25, -0.2) is 0 Å². The van der Waals surface area contributed by atoms with E-state index in [0.717, 1.165) is 17.0 Å². The minimum Gasteiger partial charge on any atom is -0.459 e. The molecule has 1 aromatic carbocycles. The lowest BCUT2D eigenvalue weighted by Gasteiger charge is -2.08. The van der Waals surface area contributed by atoms with Crippen LogP contribution in [0.15, 0.2) is 53.1 Å². The van der Waals surface area contributed by atoms with Crippen LogP contribution in [-0.4, -0.2) is 28.1 Å². The lowest BCUT2D eigenvalue weighted by atomic mass is 10.2. The van der Waals surface area contributed by atoms with Gasteiger partial charge >= 0.3 is 0 Å². The molecule has 0 spiro atoms. The van der Waals surface area contributed by atoms with Gasteiger partial charge in [0.05, 0.1) is 25.0 Å². The molecule has 0 aliphatic rings. The van der Waals surface area contributed by atoms with Crippen molar-refractivity contribution in [2.24, 2.45) is 0 Å². The van der Waals surface area contributed by atoms with Crippen molar-refractivity contribution in [1.29, 1.82) is 0 Å². The molecule has 7 heteroatoms. The number of hydrogen-bond acceptors (Lipinski definition) is 4. The SMILES string of the molecule is Cc1nn(Cc2ccccc2)c(C)c1CNC(=O)CNC(=O)c1ccco1. The third-order valence-corrected chi connectivity index (χ3v) is 4.32. The first kappa shape index (κ1) is 18.4. The van der Waals surface area contributed by atoms with E-state index in [9.17, 15) is 9.59 Å². The predicted molar refractivity (Wildman–Crippen MR) is 100 cm³/mol. The molecule has 0 unspecified atom stereocenters. The fourth-order valence-corrected chi connectivity index (χ4v) is 2.81. The molecule has 2 aromatic heterocycles. The Hall–Kier alpha value is -3.35. The third kappa shape index (κ3) is 4.63. The van der Waals surface area contributed by atoms with E-state index >= 15 is 0 Å². The Morgan fingerprint density at radius 3 is 2.56 bits per heavy atom. The molecule has 0 bridgehead atoms. The van der Waals surface area contributed by atoms with Gasteiger partial charge in [-0.1, -0.05) is 30.3 Å². The maximum absolute atomic E-state index is 12.0. The number of rotatable bonds is 7. The summed E-state index contributed by atoms with van der Waals surface area (Å²) in [7, 11) is 0. The summed E-state index contributed by atoms with van der Waals surface area (Å²) < 4.78 is 6.92. The van der Waals surface area contributed by atoms with Gasteiger partial charge in [0.2, 0.25) is 5.91 Å². The normalized spacial score (nSPS) is 10.6. The fourth-order valence-electron chi connectivity index (χ4n) is 2.81. The number of nitrogens with zero attached hydrogens (tertiary/aromatic N) is 2. The van der Waals surface area contributed by atoms with Crippen LogP contribution in [0.1, 0.15) is 33.1 Å². The van der Waals surface area contributed by atoms with Crippen LogP contribution >= 0.6 is 0 Å². The Kier molecular flexibility index (Phi) is 5.71. The molecular formula is C20H22N4O3. The molecule has 0 aliphatic heterocycles. The fraction of sp³-hybridized carbons (Fsp3) is 0.250. The second-order valence-corrected chi connectivity index (χ2v) is 6.23. The molecule has 0 saturated carbocycles. The van der Waals surface area contributed by atoms with Crippen molar-refractivity contribution in [2.45, 2.75) is 26.9 Å². The van der Waals surface area contributed by atoms with E-state index in [4.69, 9.17) is 4.42 Å². The van der Waals surface area contributed by atoms with E-state index in [1.165, 1.54) is 11.8 Å². The first-order chi connectivity index (χ1) is 13.0. The highest BCUT2D eigenvalue weighted by Crippen LogP contribution is 2.14. The third-order valence-electron chi connectivity index (χ3n) is 4.32. The zero-order chi connectivity index (χ0) is 19.2. The van der Waals surface area contributed by atoms with Crippen molar-refractivity contribution in [3.63, 3.8) is 0 Å². The van der Waals surface area contributed by atoms with Crippen LogP contribution in [-0.2, 0) is 17.9 Å². The monoisotopic (exact) mass is 366 g/mol. The molecule has 2 amide bonds. The molecule has 140 valence electrons. The van der Waals surface area contributed by atoms with Gasteiger partial charge in [-0.2, -0.15) is 5.10 Å². The zero-order valence-corrected chi connectivity index (χ0v) is 15.4. The smallest absolute Gasteiger partial charge is 0.287 e. The minimum absolute atomic E-state index is 0.115. The summed E-state index contributed by atoms with van der Waals surface area (Å²) in [5.41, 5.74) is 4.04. The number of nitrogens with one attached hydrogen (secondary N) is 2. The van der Waals surface area contributed by atoms with E-state index in [1.807, 2.05) is 36.7 Å². The lowest BCUT2D eigenvalue weighted by Crippen LogP contribution is -2.36. The molecule has 0 saturated heterocycles. The topological polar surface area (TPSA) is 89.2 Å². The largest absolute Gasteiger partial charge is 0.459 e. The lowest BCUT2D eigenvalue weighted by molar-refractivity contribution is -0.120. The summed E-state index contributed by atoms with van der Waals surface area (Å²) in [4.78, 5) is 23.8. The first-order valence-electron chi connectivity index (χ1n) is 8.70. The summed E-state index contributed by atoms with van der Waals surface area (Å²) >= 11 is 0. The van der Waals surface area contributed by atoms with Crippen molar-refractivity contribution in [3.8, 4) is 0 Å². The Morgan fingerprint density at radius 2 is 1.85 bits per heavy atom. The summed E-state index contributed by atoms with van der Waals surface area (Å²) in [6, 6.07) is 13.3. The van der Waals surface area contributed by atoms with Crippen LogP contribution < -0.4 is 10.6 Å². The second kappa shape index (κ2) is 8.35. The molecule has 0 radical (unpaired) electrons. The van der Waals surface area contributed by atoms with E-state index < -0.39 is 5.91 Å². The molecule has 2 heterocycles. The second-order valence-electron chi connectivity index (χ2n) is 6.23. The van der Waals surface area contributed by atoms with Gasteiger partial charge in [-0.05, 0) is 31.5 Å². The van der Waals surface area contributed by atoms with Gasteiger partial charge in [0.1, 0.15) is 0 Å². The molecule has 0 atom stereocenters. The quantitative estimate of drug-likeness (QED) is 0.671. The Bertz CT molecular complexity index is 914. The van der Waals surface area contributed by atoms with Gasteiger partial charge in [0.25, 0.3) is 5.91 Å². The van der Waals surface area contributed by atoms with Crippen LogP contribution in [0.5, 0.6) is 0 Å². The Balaban J connectivity index is 1.54. The molecule has 7 nitrogen and oxygen atoms in total. The number of hydrogen-bond donors (Lipinski definition) is 2. The first-order valence-corrected chi connectivity index (χ1v) is 8.70. The van der Waals surface area contributed by atoms with E-state index in [0.29, 0.717) is 13.1 Å². The summed E-state index contributed by atoms with van der Waals surface area (Å²) in [6.45, 7) is 4.84. The van der Waals surface area contributed by atoms with Crippen molar-refractivity contribution < 1.29 is 14.0 Å². The standard InChI is InChI=1S/C20H22N4O3/c1-14-17(15(2)24(23-14)13-16-7-4-3-5-8-16)11-21-19(25)12-22-20(26)18-9-6-10-27-18/h3-10H,11-13H2,1-2H3,(H,21,25)(H,22,26). The van der Waals surface area contributed by atoms with Crippen LogP contribution in [0.2, 0.25) is 0 Å². The number of carbonyl (C=O) groups is 2. The Labute approximate surface area is 157 Å². The molecule has 27 heavy (non-hydrogen) atoms. The Morgan fingerprint density at radius 1 is 1.07 bits per heavy atom. The van der Waals surface area contributed by atoms with Crippen molar-refractivity contribution in [3.05, 3.63) is 77.0 Å². The highest BCUT2D eigenvalue weighted by Gasteiger charge is 2.14. The van der Waals surface area contributed by atoms with E-state index in [2.05, 4.69) is 27.9 Å². The molecule has 3 rings (SSSR count). The molecule has 0 fully saturated rings. The van der Waals surface area contributed by atoms with Gasteiger partial charge < -0.3 is 15.1 Å². The number of aromatic nitrogens is 2. The average molecular weight is 366 g/mol. The minimum atomic E-state index is -0.418.